The Labute approximate surface area is 144 Å². The van der Waals surface area contributed by atoms with Gasteiger partial charge >= 0.3 is 0 Å². The normalized spacial score (nSPS) is 18.7. The van der Waals surface area contributed by atoms with Gasteiger partial charge in [0.1, 0.15) is 17.7 Å². The van der Waals surface area contributed by atoms with Crippen LogP contribution in [0.2, 0.25) is 0 Å². The Morgan fingerprint density at radius 3 is 2.83 bits per heavy atom. The van der Waals surface area contributed by atoms with Gasteiger partial charge in [0.15, 0.2) is 0 Å². The molecule has 1 aliphatic rings. The van der Waals surface area contributed by atoms with Gasteiger partial charge in [0, 0.05) is 37.7 Å². The van der Waals surface area contributed by atoms with E-state index in [4.69, 9.17) is 4.99 Å². The van der Waals surface area contributed by atoms with Crippen LogP contribution in [0.4, 0.5) is 5.82 Å². The fourth-order valence-corrected chi connectivity index (χ4v) is 3.63. The molecule has 0 amide bonds. The lowest BCUT2D eigenvalue weighted by Gasteiger charge is -2.15. The minimum absolute atomic E-state index is 0.193. The number of hydrogen-bond donors (Lipinski definition) is 1. The van der Waals surface area contributed by atoms with Crippen LogP contribution in [0.1, 0.15) is 22.2 Å². The first kappa shape index (κ1) is 14.8. The molecule has 120 valence electrons. The molecule has 0 saturated carbocycles. The minimum Gasteiger partial charge on any atom is -0.352 e. The first-order valence-electron chi connectivity index (χ1n) is 7.70. The molecule has 0 spiro atoms. The van der Waals surface area contributed by atoms with Crippen molar-refractivity contribution < 1.29 is 0 Å². The topological polar surface area (TPSA) is 54.6 Å². The second-order valence-corrected chi connectivity index (χ2v) is 6.48. The molecule has 3 aromatic rings. The van der Waals surface area contributed by atoms with Gasteiger partial charge in [-0.3, -0.25) is 9.98 Å². The fourth-order valence-electron chi connectivity index (χ4n) is 2.90. The summed E-state index contributed by atoms with van der Waals surface area (Å²) in [6.07, 6.45) is 3.81. The first-order chi connectivity index (χ1) is 11.8. The van der Waals surface area contributed by atoms with Crippen molar-refractivity contribution >= 4 is 28.7 Å². The van der Waals surface area contributed by atoms with Crippen molar-refractivity contribution in [3.63, 3.8) is 0 Å². The summed E-state index contributed by atoms with van der Waals surface area (Å²) in [5.41, 5.74) is 3.04. The Kier molecular flexibility index (Phi) is 3.74. The van der Waals surface area contributed by atoms with Crippen LogP contribution in [0, 0.1) is 0 Å². The lowest BCUT2D eigenvalue weighted by atomic mass is 10.1. The molecule has 0 bridgehead atoms. The third-order valence-corrected chi connectivity index (χ3v) is 4.96. The van der Waals surface area contributed by atoms with E-state index >= 15 is 0 Å². The third-order valence-electron chi connectivity index (χ3n) is 4.09. The molecule has 6 heteroatoms. The van der Waals surface area contributed by atoms with E-state index in [1.807, 2.05) is 31.4 Å². The number of amidine groups is 1. The van der Waals surface area contributed by atoms with Crippen molar-refractivity contribution in [3.8, 4) is 0 Å². The highest BCUT2D eigenvalue weighted by Gasteiger charge is 2.27. The summed E-state index contributed by atoms with van der Waals surface area (Å²) in [7, 11) is 3.81. The molecule has 1 aliphatic heterocycles. The second kappa shape index (κ2) is 6.05. The van der Waals surface area contributed by atoms with E-state index in [0.717, 1.165) is 33.5 Å². The fraction of sp³-hybridized carbons (Fsp3) is 0.167. The third kappa shape index (κ3) is 2.45. The molecular formula is C18H17N5S. The smallest absolute Gasteiger partial charge is 0.148 e. The number of anilines is 1. The zero-order valence-electron chi connectivity index (χ0n) is 13.5. The van der Waals surface area contributed by atoms with Crippen molar-refractivity contribution in [1.82, 2.24) is 9.55 Å². The number of fused-ring (bicyclic) bond motifs is 1. The molecule has 24 heavy (non-hydrogen) atoms. The minimum atomic E-state index is -0.193. The SMILES string of the molecule is CN=C1Nc2ncccc2C(c2cccs2)=NC1c1cccn1C. The number of rotatable bonds is 2. The molecule has 3 aromatic heterocycles. The van der Waals surface area contributed by atoms with E-state index in [1.54, 1.807) is 24.6 Å². The highest BCUT2D eigenvalue weighted by molar-refractivity contribution is 7.12. The Hall–Kier alpha value is -2.73. The predicted octanol–water partition coefficient (Wildman–Crippen LogP) is 3.51. The quantitative estimate of drug-likeness (QED) is 0.779. The molecule has 0 radical (unpaired) electrons. The van der Waals surface area contributed by atoms with Crippen molar-refractivity contribution in [1.29, 1.82) is 0 Å². The van der Waals surface area contributed by atoms with E-state index in [1.165, 1.54) is 0 Å². The van der Waals surface area contributed by atoms with Crippen LogP contribution in [0.25, 0.3) is 0 Å². The summed E-state index contributed by atoms with van der Waals surface area (Å²) < 4.78 is 2.08. The van der Waals surface area contributed by atoms with Gasteiger partial charge in [-0.05, 0) is 35.7 Å². The zero-order chi connectivity index (χ0) is 16.5. The number of hydrogen-bond acceptors (Lipinski definition) is 4. The maximum absolute atomic E-state index is 5.09. The maximum atomic E-state index is 5.09. The van der Waals surface area contributed by atoms with Gasteiger partial charge in [-0.15, -0.1) is 11.3 Å². The van der Waals surface area contributed by atoms with Gasteiger partial charge in [-0.25, -0.2) is 4.98 Å². The van der Waals surface area contributed by atoms with Crippen LogP contribution >= 0.6 is 11.3 Å². The van der Waals surface area contributed by atoms with Crippen LogP contribution in [-0.4, -0.2) is 28.1 Å². The van der Waals surface area contributed by atoms with Crippen molar-refractivity contribution in [3.05, 3.63) is 70.3 Å². The van der Waals surface area contributed by atoms with Crippen LogP contribution < -0.4 is 5.32 Å². The number of aryl methyl sites for hydroxylation is 1. The lowest BCUT2D eigenvalue weighted by Crippen LogP contribution is -2.21. The average Bonchev–Trinajstić information content (AvgIpc) is 3.24. The van der Waals surface area contributed by atoms with Gasteiger partial charge in [0.05, 0.1) is 10.6 Å². The predicted molar refractivity (Wildman–Crippen MR) is 99.3 cm³/mol. The first-order valence-corrected chi connectivity index (χ1v) is 8.58. The van der Waals surface area contributed by atoms with E-state index in [9.17, 15) is 0 Å². The monoisotopic (exact) mass is 335 g/mol. The molecule has 4 heterocycles. The summed E-state index contributed by atoms with van der Waals surface area (Å²) in [6.45, 7) is 0. The Morgan fingerprint density at radius 2 is 2.12 bits per heavy atom. The standard InChI is InChI=1S/C18H17N5S/c1-19-18-16(13-7-4-10-23(13)2)21-15(14-8-5-11-24-14)12-6-3-9-20-17(12)22-18/h3-11,16H,1-2H3,(H,19,20,22). The largest absolute Gasteiger partial charge is 0.352 e. The van der Waals surface area contributed by atoms with Crippen molar-refractivity contribution in [2.24, 2.45) is 17.0 Å². The molecule has 0 saturated heterocycles. The zero-order valence-corrected chi connectivity index (χ0v) is 14.3. The second-order valence-electron chi connectivity index (χ2n) is 5.53. The van der Waals surface area contributed by atoms with Crippen LogP contribution in [-0.2, 0) is 7.05 Å². The van der Waals surface area contributed by atoms with Gasteiger partial charge in [-0.2, -0.15) is 0 Å². The molecule has 1 unspecified atom stereocenters. The average molecular weight is 335 g/mol. The summed E-state index contributed by atoms with van der Waals surface area (Å²) in [5, 5.41) is 5.45. The van der Waals surface area contributed by atoms with Crippen LogP contribution in [0.5, 0.6) is 0 Å². The molecule has 0 fully saturated rings. The van der Waals surface area contributed by atoms with Crippen molar-refractivity contribution in [2.75, 3.05) is 12.4 Å². The molecular weight excluding hydrogens is 318 g/mol. The Balaban J connectivity index is 1.96. The number of aliphatic imine (C=N–C) groups is 2. The molecule has 5 nitrogen and oxygen atoms in total. The molecule has 0 aromatic carbocycles. The maximum Gasteiger partial charge on any atom is 0.148 e. The Bertz CT molecular complexity index is 921. The molecule has 4 rings (SSSR count). The number of aromatic nitrogens is 2. The number of nitrogens with one attached hydrogen (secondary N) is 1. The Morgan fingerprint density at radius 1 is 1.21 bits per heavy atom. The highest BCUT2D eigenvalue weighted by Crippen LogP contribution is 2.30. The molecule has 1 atom stereocenters. The number of nitrogens with zero attached hydrogens (tertiary/aromatic N) is 4. The highest BCUT2D eigenvalue weighted by atomic mass is 32.1. The summed E-state index contributed by atoms with van der Waals surface area (Å²) in [6, 6.07) is 12.0. The van der Waals surface area contributed by atoms with E-state index in [-0.39, 0.29) is 6.04 Å². The molecule has 0 aliphatic carbocycles. The van der Waals surface area contributed by atoms with Crippen molar-refractivity contribution in [2.45, 2.75) is 6.04 Å². The van der Waals surface area contributed by atoms with Crippen LogP contribution in [0.3, 0.4) is 0 Å². The lowest BCUT2D eigenvalue weighted by molar-refractivity contribution is 0.788. The summed E-state index contributed by atoms with van der Waals surface area (Å²) in [4.78, 5) is 15.2. The number of pyridine rings is 1. The van der Waals surface area contributed by atoms with Gasteiger partial charge < -0.3 is 9.88 Å². The van der Waals surface area contributed by atoms with Gasteiger partial charge in [0.25, 0.3) is 0 Å². The summed E-state index contributed by atoms with van der Waals surface area (Å²) in [5.74, 6) is 1.59. The number of thiophene rings is 1. The van der Waals surface area contributed by atoms with Gasteiger partial charge in [-0.1, -0.05) is 6.07 Å². The van der Waals surface area contributed by atoms with Gasteiger partial charge in [0.2, 0.25) is 0 Å². The van der Waals surface area contributed by atoms with Crippen LogP contribution in [0.15, 0.2) is 64.2 Å². The molecule has 1 N–H and O–H groups in total. The summed E-state index contributed by atoms with van der Waals surface area (Å²) >= 11 is 1.68. The van der Waals surface area contributed by atoms with E-state index in [2.05, 4.69) is 43.4 Å². The van der Waals surface area contributed by atoms with E-state index < -0.39 is 0 Å². The van der Waals surface area contributed by atoms with E-state index in [0.29, 0.717) is 0 Å².